The maximum Gasteiger partial charge on any atom is 0.240 e. The van der Waals surface area contributed by atoms with E-state index in [4.69, 9.17) is 0 Å². The van der Waals surface area contributed by atoms with Gasteiger partial charge in [-0.05, 0) is 43.3 Å². The van der Waals surface area contributed by atoms with Gasteiger partial charge in [-0.2, -0.15) is 0 Å². The number of fused-ring (bicyclic) bond motifs is 1. The van der Waals surface area contributed by atoms with Crippen LogP contribution in [0.2, 0.25) is 0 Å². The van der Waals surface area contributed by atoms with Crippen molar-refractivity contribution in [2.24, 2.45) is 0 Å². The van der Waals surface area contributed by atoms with Crippen LogP contribution in [0.1, 0.15) is 6.92 Å². The first-order valence-electron chi connectivity index (χ1n) is 7.05. The SMILES string of the molecule is C[C@@H](Sc1nc2ncccc2[nH]1)C(=O)N(C)c1ccc(F)cc1. The Morgan fingerprint density at radius 2 is 2.04 bits per heavy atom. The summed E-state index contributed by atoms with van der Waals surface area (Å²) >= 11 is 1.33. The predicted octanol–water partition coefficient (Wildman–Crippen LogP) is 3.24. The van der Waals surface area contributed by atoms with E-state index in [2.05, 4.69) is 15.0 Å². The average molecular weight is 330 g/mol. The van der Waals surface area contributed by atoms with Crippen LogP contribution in [0.4, 0.5) is 10.1 Å². The van der Waals surface area contributed by atoms with E-state index in [-0.39, 0.29) is 17.0 Å². The van der Waals surface area contributed by atoms with Crippen molar-refractivity contribution in [1.29, 1.82) is 0 Å². The molecule has 1 atom stereocenters. The number of halogens is 1. The first-order valence-corrected chi connectivity index (χ1v) is 7.93. The van der Waals surface area contributed by atoms with Gasteiger partial charge in [0.05, 0.1) is 10.8 Å². The summed E-state index contributed by atoms with van der Waals surface area (Å²) in [6, 6.07) is 9.54. The topological polar surface area (TPSA) is 61.9 Å². The third kappa shape index (κ3) is 3.34. The van der Waals surface area contributed by atoms with E-state index in [0.29, 0.717) is 16.5 Å². The zero-order valence-corrected chi connectivity index (χ0v) is 13.5. The molecule has 118 valence electrons. The van der Waals surface area contributed by atoms with Crippen molar-refractivity contribution in [1.82, 2.24) is 15.0 Å². The van der Waals surface area contributed by atoms with Crippen LogP contribution in [-0.2, 0) is 4.79 Å². The van der Waals surface area contributed by atoms with Gasteiger partial charge in [0.25, 0.3) is 0 Å². The Bertz CT molecular complexity index is 800. The fourth-order valence-corrected chi connectivity index (χ4v) is 3.06. The number of carbonyl (C=O) groups is 1. The maximum absolute atomic E-state index is 13.0. The van der Waals surface area contributed by atoms with Crippen molar-refractivity contribution in [2.75, 3.05) is 11.9 Å². The molecular formula is C16H15FN4OS. The number of imidazole rings is 1. The molecule has 0 saturated carbocycles. The Morgan fingerprint density at radius 1 is 1.30 bits per heavy atom. The van der Waals surface area contributed by atoms with Crippen LogP contribution in [0.3, 0.4) is 0 Å². The Morgan fingerprint density at radius 3 is 2.74 bits per heavy atom. The van der Waals surface area contributed by atoms with Crippen LogP contribution in [0.15, 0.2) is 47.8 Å². The maximum atomic E-state index is 13.0. The summed E-state index contributed by atoms with van der Waals surface area (Å²) in [7, 11) is 1.67. The molecule has 2 aromatic heterocycles. The molecule has 0 fully saturated rings. The fourth-order valence-electron chi connectivity index (χ4n) is 2.16. The highest BCUT2D eigenvalue weighted by atomic mass is 32.2. The van der Waals surface area contributed by atoms with Crippen molar-refractivity contribution in [2.45, 2.75) is 17.3 Å². The number of nitrogens with one attached hydrogen (secondary N) is 1. The first kappa shape index (κ1) is 15.5. The molecule has 3 rings (SSSR count). The number of aromatic nitrogens is 3. The fraction of sp³-hybridized carbons (Fsp3) is 0.188. The molecule has 2 heterocycles. The Hall–Kier alpha value is -2.41. The molecule has 1 amide bonds. The quantitative estimate of drug-likeness (QED) is 0.746. The summed E-state index contributed by atoms with van der Waals surface area (Å²) in [4.78, 5) is 25.7. The van der Waals surface area contributed by atoms with E-state index in [1.165, 1.54) is 28.8 Å². The summed E-state index contributed by atoms with van der Waals surface area (Å²) in [6.45, 7) is 1.81. The molecule has 3 aromatic rings. The number of pyridine rings is 1. The molecule has 0 spiro atoms. The molecule has 0 aliphatic heterocycles. The van der Waals surface area contributed by atoms with Crippen LogP contribution in [-0.4, -0.2) is 33.2 Å². The third-order valence-electron chi connectivity index (χ3n) is 3.42. The monoisotopic (exact) mass is 330 g/mol. The molecule has 23 heavy (non-hydrogen) atoms. The minimum absolute atomic E-state index is 0.0879. The standard InChI is InChI=1S/C16H15FN4OS/c1-10(15(22)21(2)12-7-5-11(17)6-8-12)23-16-19-13-4-3-9-18-14(13)20-16/h3-10H,1-2H3,(H,18,19,20)/t10-/m1/s1. The lowest BCUT2D eigenvalue weighted by molar-refractivity contribution is -0.117. The molecule has 0 aliphatic carbocycles. The van der Waals surface area contributed by atoms with Gasteiger partial charge in [0.2, 0.25) is 5.91 Å². The molecule has 0 aliphatic rings. The zero-order chi connectivity index (χ0) is 16.4. The Balaban J connectivity index is 1.72. The van der Waals surface area contributed by atoms with Gasteiger partial charge >= 0.3 is 0 Å². The van der Waals surface area contributed by atoms with Crippen LogP contribution in [0, 0.1) is 5.82 Å². The van der Waals surface area contributed by atoms with Gasteiger partial charge < -0.3 is 9.88 Å². The number of benzene rings is 1. The second-order valence-electron chi connectivity index (χ2n) is 5.05. The van der Waals surface area contributed by atoms with Crippen molar-refractivity contribution >= 4 is 34.5 Å². The molecule has 0 unspecified atom stereocenters. The zero-order valence-electron chi connectivity index (χ0n) is 12.7. The second-order valence-corrected chi connectivity index (χ2v) is 6.38. The normalized spacial score (nSPS) is 12.3. The summed E-state index contributed by atoms with van der Waals surface area (Å²) < 4.78 is 13.0. The molecule has 1 aromatic carbocycles. The summed E-state index contributed by atoms with van der Waals surface area (Å²) in [5.74, 6) is -0.415. The lowest BCUT2D eigenvalue weighted by Gasteiger charge is -2.20. The minimum atomic E-state index is -0.342. The van der Waals surface area contributed by atoms with Crippen LogP contribution >= 0.6 is 11.8 Å². The molecule has 7 heteroatoms. The highest BCUT2D eigenvalue weighted by molar-refractivity contribution is 8.00. The molecular weight excluding hydrogens is 315 g/mol. The first-order chi connectivity index (χ1) is 11.0. The average Bonchev–Trinajstić information content (AvgIpc) is 2.96. The lowest BCUT2D eigenvalue weighted by Crippen LogP contribution is -2.33. The van der Waals surface area contributed by atoms with E-state index >= 15 is 0 Å². The highest BCUT2D eigenvalue weighted by Crippen LogP contribution is 2.25. The van der Waals surface area contributed by atoms with Gasteiger partial charge in [0.15, 0.2) is 10.8 Å². The van der Waals surface area contributed by atoms with Crippen LogP contribution in [0.5, 0.6) is 0 Å². The third-order valence-corrected chi connectivity index (χ3v) is 4.39. The largest absolute Gasteiger partial charge is 0.332 e. The van der Waals surface area contributed by atoms with E-state index in [1.54, 1.807) is 25.4 Å². The van der Waals surface area contributed by atoms with Gasteiger partial charge in [0.1, 0.15) is 5.82 Å². The molecule has 1 N–H and O–H groups in total. The molecule has 0 saturated heterocycles. The van der Waals surface area contributed by atoms with E-state index in [1.807, 2.05) is 19.1 Å². The number of thioether (sulfide) groups is 1. The van der Waals surface area contributed by atoms with Gasteiger partial charge in [-0.3, -0.25) is 4.79 Å². The summed E-state index contributed by atoms with van der Waals surface area (Å²) in [6.07, 6.45) is 1.68. The van der Waals surface area contributed by atoms with Gasteiger partial charge in [-0.15, -0.1) is 0 Å². The van der Waals surface area contributed by atoms with Crippen molar-refractivity contribution in [3.63, 3.8) is 0 Å². The number of aromatic amines is 1. The predicted molar refractivity (Wildman–Crippen MR) is 89.0 cm³/mol. The van der Waals surface area contributed by atoms with Gasteiger partial charge in [-0.25, -0.2) is 14.4 Å². The Labute approximate surface area is 136 Å². The number of H-pyrrole nitrogens is 1. The number of hydrogen-bond acceptors (Lipinski definition) is 4. The second kappa shape index (κ2) is 6.37. The Kier molecular flexibility index (Phi) is 4.29. The van der Waals surface area contributed by atoms with E-state index in [0.717, 1.165) is 5.52 Å². The van der Waals surface area contributed by atoms with Gasteiger partial charge in [0, 0.05) is 18.9 Å². The number of rotatable bonds is 4. The minimum Gasteiger partial charge on any atom is -0.332 e. The van der Waals surface area contributed by atoms with Crippen molar-refractivity contribution < 1.29 is 9.18 Å². The van der Waals surface area contributed by atoms with Gasteiger partial charge in [-0.1, -0.05) is 11.8 Å². The van der Waals surface area contributed by atoms with Crippen LogP contribution < -0.4 is 4.90 Å². The van der Waals surface area contributed by atoms with E-state index in [9.17, 15) is 9.18 Å². The summed E-state index contributed by atoms with van der Waals surface area (Å²) in [5, 5.41) is 0.303. The molecule has 0 bridgehead atoms. The number of hydrogen-bond donors (Lipinski definition) is 1. The molecule has 5 nitrogen and oxygen atoms in total. The highest BCUT2D eigenvalue weighted by Gasteiger charge is 2.21. The molecule has 0 radical (unpaired) electrons. The number of nitrogens with zero attached hydrogens (tertiary/aromatic N) is 3. The van der Waals surface area contributed by atoms with E-state index < -0.39 is 0 Å². The smallest absolute Gasteiger partial charge is 0.240 e. The number of anilines is 1. The number of amides is 1. The summed E-state index contributed by atoms with van der Waals surface area (Å²) in [5.41, 5.74) is 2.11. The van der Waals surface area contributed by atoms with Crippen molar-refractivity contribution in [3.8, 4) is 0 Å². The van der Waals surface area contributed by atoms with Crippen molar-refractivity contribution in [3.05, 3.63) is 48.4 Å². The lowest BCUT2D eigenvalue weighted by atomic mass is 10.2. The number of carbonyl (C=O) groups excluding carboxylic acids is 1. The van der Waals surface area contributed by atoms with Crippen LogP contribution in [0.25, 0.3) is 11.2 Å².